The third kappa shape index (κ3) is 5.91. The lowest BCUT2D eigenvalue weighted by molar-refractivity contribution is 0.409. The lowest BCUT2D eigenvalue weighted by atomic mass is 9.95. The van der Waals surface area contributed by atoms with Crippen LogP contribution in [-0.2, 0) is 0 Å². The Balaban J connectivity index is 2.02. The van der Waals surface area contributed by atoms with E-state index in [1.807, 2.05) is 0 Å². The first kappa shape index (κ1) is 17.2. The molecular formula is C19H33N3. The van der Waals surface area contributed by atoms with Crippen molar-refractivity contribution in [3.8, 4) is 12.0 Å². The van der Waals surface area contributed by atoms with Crippen LogP contribution in [0.3, 0.4) is 0 Å². The van der Waals surface area contributed by atoms with Gasteiger partial charge in [-0.15, -0.1) is 0 Å². The van der Waals surface area contributed by atoms with Crippen molar-refractivity contribution < 1.29 is 0 Å². The standard InChI is InChI=1S/C19H33N3/c1-3-22(4-2)16-15-19(20-17-11-7-5-8-12-17)21-18-13-9-6-10-14-18/h17-18H,3-14H2,1-2H3,(H,20,21). The molecule has 0 heterocycles. The van der Waals surface area contributed by atoms with E-state index in [-0.39, 0.29) is 0 Å². The van der Waals surface area contributed by atoms with E-state index in [0.717, 1.165) is 18.9 Å². The summed E-state index contributed by atoms with van der Waals surface area (Å²) in [4.78, 5) is 7.13. The topological polar surface area (TPSA) is 27.6 Å². The summed E-state index contributed by atoms with van der Waals surface area (Å²) in [6.45, 7) is 6.27. The van der Waals surface area contributed by atoms with Crippen LogP contribution in [0.5, 0.6) is 0 Å². The summed E-state index contributed by atoms with van der Waals surface area (Å²) >= 11 is 0. The number of hydrogen-bond acceptors (Lipinski definition) is 2. The van der Waals surface area contributed by atoms with Gasteiger partial charge in [-0.05, 0) is 45.5 Å². The van der Waals surface area contributed by atoms with Crippen molar-refractivity contribution in [2.45, 2.75) is 90.1 Å². The van der Waals surface area contributed by atoms with Crippen LogP contribution in [0.4, 0.5) is 0 Å². The lowest BCUT2D eigenvalue weighted by Crippen LogP contribution is -2.36. The molecule has 0 aromatic carbocycles. The van der Waals surface area contributed by atoms with Gasteiger partial charge < -0.3 is 10.2 Å². The lowest BCUT2D eigenvalue weighted by Gasteiger charge is -2.24. The highest BCUT2D eigenvalue weighted by Crippen LogP contribution is 2.21. The normalized spacial score (nSPS) is 21.1. The second kappa shape index (κ2) is 9.77. The number of amidine groups is 1. The summed E-state index contributed by atoms with van der Waals surface area (Å²) in [5, 5.41) is 3.66. The van der Waals surface area contributed by atoms with E-state index in [1.165, 1.54) is 64.2 Å². The van der Waals surface area contributed by atoms with Crippen molar-refractivity contribution in [1.82, 2.24) is 10.2 Å². The van der Waals surface area contributed by atoms with Gasteiger partial charge in [0.1, 0.15) is 0 Å². The molecule has 0 atom stereocenters. The summed E-state index contributed by atoms with van der Waals surface area (Å²) in [5.41, 5.74) is 0. The molecule has 0 aromatic heterocycles. The summed E-state index contributed by atoms with van der Waals surface area (Å²) in [7, 11) is 0. The van der Waals surface area contributed by atoms with E-state index in [0.29, 0.717) is 12.1 Å². The minimum absolute atomic E-state index is 0.492. The van der Waals surface area contributed by atoms with Crippen LogP contribution in [0.2, 0.25) is 0 Å². The highest BCUT2D eigenvalue weighted by atomic mass is 15.1. The number of nitrogens with zero attached hydrogens (tertiary/aromatic N) is 2. The minimum Gasteiger partial charge on any atom is -0.360 e. The number of rotatable bonds is 4. The molecular weight excluding hydrogens is 270 g/mol. The Kier molecular flexibility index (Phi) is 7.63. The third-order valence-corrected chi connectivity index (χ3v) is 4.93. The van der Waals surface area contributed by atoms with Gasteiger partial charge >= 0.3 is 0 Å². The molecule has 2 aliphatic carbocycles. The monoisotopic (exact) mass is 303 g/mol. The Bertz CT molecular complexity index is 389. The van der Waals surface area contributed by atoms with Crippen molar-refractivity contribution in [3.63, 3.8) is 0 Å². The molecule has 3 nitrogen and oxygen atoms in total. The molecule has 0 radical (unpaired) electrons. The maximum Gasteiger partial charge on any atom is 0.176 e. The fraction of sp³-hybridized carbons (Fsp3) is 0.842. The number of nitrogens with one attached hydrogen (secondary N) is 1. The molecule has 3 heteroatoms. The molecule has 0 amide bonds. The molecule has 2 saturated carbocycles. The van der Waals surface area contributed by atoms with Gasteiger partial charge in [-0.25, -0.2) is 0 Å². The van der Waals surface area contributed by atoms with Gasteiger partial charge in [-0.2, -0.15) is 0 Å². The Morgan fingerprint density at radius 1 is 0.955 bits per heavy atom. The van der Waals surface area contributed by atoms with Crippen molar-refractivity contribution >= 4 is 5.84 Å². The molecule has 1 N–H and O–H groups in total. The zero-order chi connectivity index (χ0) is 15.6. The minimum atomic E-state index is 0.492. The smallest absolute Gasteiger partial charge is 0.176 e. The average molecular weight is 303 g/mol. The van der Waals surface area contributed by atoms with Crippen molar-refractivity contribution in [2.24, 2.45) is 4.99 Å². The first-order valence-corrected chi connectivity index (χ1v) is 9.42. The van der Waals surface area contributed by atoms with Crippen molar-refractivity contribution in [1.29, 1.82) is 0 Å². The average Bonchev–Trinajstić information content (AvgIpc) is 2.57. The number of hydrogen-bond donors (Lipinski definition) is 1. The predicted molar refractivity (Wildman–Crippen MR) is 95.0 cm³/mol. The summed E-state index contributed by atoms with van der Waals surface area (Å²) in [5.74, 6) is 4.28. The summed E-state index contributed by atoms with van der Waals surface area (Å²) in [6, 6.07) is 4.37. The molecule has 0 aromatic rings. The van der Waals surface area contributed by atoms with Gasteiger partial charge in [0.15, 0.2) is 5.84 Å². The molecule has 2 aliphatic rings. The second-order valence-corrected chi connectivity index (χ2v) is 6.66. The Morgan fingerprint density at radius 2 is 1.55 bits per heavy atom. The van der Waals surface area contributed by atoms with Crippen molar-refractivity contribution in [3.05, 3.63) is 0 Å². The van der Waals surface area contributed by atoms with E-state index in [4.69, 9.17) is 4.99 Å². The van der Waals surface area contributed by atoms with Gasteiger partial charge in [-0.3, -0.25) is 4.99 Å². The molecule has 0 aliphatic heterocycles. The van der Waals surface area contributed by atoms with Crippen LogP contribution in [0, 0.1) is 12.0 Å². The zero-order valence-corrected chi connectivity index (χ0v) is 14.5. The van der Waals surface area contributed by atoms with E-state index in [1.54, 1.807) is 0 Å². The highest BCUT2D eigenvalue weighted by Gasteiger charge is 2.16. The molecule has 2 rings (SSSR count). The SMILES string of the molecule is CCN(C#CC(=NC1CCCCC1)NC1CCCCC1)CC. The maximum absolute atomic E-state index is 4.98. The molecule has 0 unspecified atom stereocenters. The van der Waals surface area contributed by atoms with Crippen LogP contribution in [0.15, 0.2) is 4.99 Å². The predicted octanol–water partition coefficient (Wildman–Crippen LogP) is 3.94. The van der Waals surface area contributed by atoms with Crippen LogP contribution in [0.25, 0.3) is 0 Å². The van der Waals surface area contributed by atoms with Gasteiger partial charge in [0.25, 0.3) is 0 Å². The van der Waals surface area contributed by atoms with E-state index in [2.05, 4.69) is 36.0 Å². The van der Waals surface area contributed by atoms with E-state index in [9.17, 15) is 0 Å². The van der Waals surface area contributed by atoms with Crippen LogP contribution in [-0.4, -0.2) is 35.9 Å². The Labute approximate surface area is 137 Å². The van der Waals surface area contributed by atoms with E-state index >= 15 is 0 Å². The van der Waals surface area contributed by atoms with Gasteiger partial charge in [0, 0.05) is 25.2 Å². The number of aliphatic imine (C=N–C) groups is 1. The van der Waals surface area contributed by atoms with Crippen LogP contribution in [0.1, 0.15) is 78.1 Å². The van der Waals surface area contributed by atoms with Gasteiger partial charge in [0.05, 0.1) is 6.04 Å². The van der Waals surface area contributed by atoms with E-state index < -0.39 is 0 Å². The highest BCUT2D eigenvalue weighted by molar-refractivity contribution is 5.98. The quantitative estimate of drug-likeness (QED) is 0.369. The largest absolute Gasteiger partial charge is 0.360 e. The summed E-state index contributed by atoms with van der Waals surface area (Å²) < 4.78 is 0. The molecule has 2 fully saturated rings. The van der Waals surface area contributed by atoms with Crippen molar-refractivity contribution in [2.75, 3.05) is 13.1 Å². The van der Waals surface area contributed by atoms with Gasteiger partial charge in [-0.1, -0.05) is 38.5 Å². The molecule has 0 bridgehead atoms. The first-order chi connectivity index (χ1) is 10.8. The Hall–Kier alpha value is -1.17. The summed E-state index contributed by atoms with van der Waals surface area (Å²) in [6.07, 6.45) is 13.1. The first-order valence-electron chi connectivity index (χ1n) is 9.42. The van der Waals surface area contributed by atoms with Crippen LogP contribution < -0.4 is 5.32 Å². The maximum atomic E-state index is 4.98. The second-order valence-electron chi connectivity index (χ2n) is 6.66. The van der Waals surface area contributed by atoms with Crippen LogP contribution >= 0.6 is 0 Å². The zero-order valence-electron chi connectivity index (χ0n) is 14.5. The fourth-order valence-corrected chi connectivity index (χ4v) is 3.45. The molecule has 0 saturated heterocycles. The molecule has 0 spiro atoms. The Morgan fingerprint density at radius 3 is 2.14 bits per heavy atom. The van der Waals surface area contributed by atoms with Gasteiger partial charge in [0.2, 0.25) is 0 Å². The molecule has 22 heavy (non-hydrogen) atoms. The fourth-order valence-electron chi connectivity index (χ4n) is 3.45. The molecule has 124 valence electrons. The third-order valence-electron chi connectivity index (χ3n) is 4.93.